The van der Waals surface area contributed by atoms with Crippen molar-refractivity contribution in [2.75, 3.05) is 12.4 Å². The molecule has 132 valence electrons. The molecule has 1 N–H and O–H groups in total. The molecule has 0 spiro atoms. The molecule has 5 heteroatoms. The van der Waals surface area contributed by atoms with Gasteiger partial charge >= 0.3 is 0 Å². The molecule has 1 heterocycles. The fourth-order valence-electron chi connectivity index (χ4n) is 3.03. The van der Waals surface area contributed by atoms with Gasteiger partial charge in [0.15, 0.2) is 0 Å². The van der Waals surface area contributed by atoms with E-state index >= 15 is 0 Å². The van der Waals surface area contributed by atoms with Crippen LogP contribution in [0.2, 0.25) is 0 Å². The van der Waals surface area contributed by atoms with Crippen LogP contribution in [0.4, 0.5) is 5.69 Å². The third kappa shape index (κ3) is 4.25. The minimum atomic E-state index is -0.119. The average molecular weight is 422 g/mol. The number of nitrogens with one attached hydrogen (secondary N) is 1. The molecular formula is C20H22BrClN2O. The van der Waals surface area contributed by atoms with Crippen LogP contribution in [0.5, 0.6) is 0 Å². The zero-order valence-corrected chi connectivity index (χ0v) is 16.9. The number of benzene rings is 2. The number of fused-ring (bicyclic) bond motifs is 1. The highest BCUT2D eigenvalue weighted by atomic mass is 79.9. The Morgan fingerprint density at radius 3 is 2.48 bits per heavy atom. The van der Waals surface area contributed by atoms with Crippen LogP contribution in [0, 0.1) is 0 Å². The summed E-state index contributed by atoms with van der Waals surface area (Å²) in [6.07, 6.45) is 2.66. The van der Waals surface area contributed by atoms with E-state index in [9.17, 15) is 4.79 Å². The first-order chi connectivity index (χ1) is 11.4. The van der Waals surface area contributed by atoms with Crippen molar-refractivity contribution in [3.8, 4) is 0 Å². The molecule has 2 aromatic carbocycles. The highest BCUT2D eigenvalue weighted by Gasteiger charge is 2.33. The quantitative estimate of drug-likeness (QED) is 0.683. The largest absolute Gasteiger partial charge is 0.368 e. The SMILES string of the molecule is CN1/C(=C\C(=O)Nc2ccc(Br)cc2)c2ccccc2CC1(C)C.Cl. The molecular weight excluding hydrogens is 400 g/mol. The van der Waals surface area contributed by atoms with Crippen molar-refractivity contribution in [2.45, 2.75) is 25.8 Å². The second kappa shape index (κ2) is 7.63. The number of halogens is 2. The number of hydrogen-bond donors (Lipinski definition) is 1. The van der Waals surface area contributed by atoms with Crippen molar-refractivity contribution >= 4 is 45.6 Å². The maximum atomic E-state index is 12.5. The van der Waals surface area contributed by atoms with Crippen molar-refractivity contribution in [2.24, 2.45) is 0 Å². The molecule has 0 aliphatic carbocycles. The van der Waals surface area contributed by atoms with E-state index in [0.29, 0.717) is 0 Å². The Bertz CT molecular complexity index is 800. The number of rotatable bonds is 2. The Kier molecular flexibility index (Phi) is 5.96. The van der Waals surface area contributed by atoms with E-state index in [1.54, 1.807) is 6.08 Å². The number of amides is 1. The molecule has 0 saturated carbocycles. The zero-order chi connectivity index (χ0) is 17.3. The lowest BCUT2D eigenvalue weighted by atomic mass is 9.84. The van der Waals surface area contributed by atoms with Crippen LogP contribution in [-0.4, -0.2) is 23.4 Å². The second-order valence-electron chi connectivity index (χ2n) is 6.73. The summed E-state index contributed by atoms with van der Waals surface area (Å²) in [5.74, 6) is -0.119. The fraction of sp³-hybridized carbons (Fsp3) is 0.250. The molecule has 0 atom stereocenters. The van der Waals surface area contributed by atoms with Crippen LogP contribution in [0.25, 0.3) is 5.70 Å². The van der Waals surface area contributed by atoms with E-state index in [1.807, 2.05) is 30.3 Å². The van der Waals surface area contributed by atoms with Crippen molar-refractivity contribution in [1.82, 2.24) is 4.90 Å². The third-order valence-electron chi connectivity index (χ3n) is 4.57. The van der Waals surface area contributed by atoms with Gasteiger partial charge in [-0.05, 0) is 50.1 Å². The average Bonchev–Trinajstić information content (AvgIpc) is 2.54. The summed E-state index contributed by atoms with van der Waals surface area (Å²) in [7, 11) is 2.05. The van der Waals surface area contributed by atoms with Crippen LogP contribution in [-0.2, 0) is 11.2 Å². The van der Waals surface area contributed by atoms with Crippen LogP contribution in [0.15, 0.2) is 59.1 Å². The van der Waals surface area contributed by atoms with E-state index in [4.69, 9.17) is 0 Å². The molecule has 1 amide bonds. The Hall–Kier alpha value is -1.78. The summed E-state index contributed by atoms with van der Waals surface area (Å²) in [6.45, 7) is 4.40. The molecule has 1 aliphatic heterocycles. The smallest absolute Gasteiger partial charge is 0.250 e. The van der Waals surface area contributed by atoms with Crippen molar-refractivity contribution < 1.29 is 4.79 Å². The monoisotopic (exact) mass is 420 g/mol. The lowest BCUT2D eigenvalue weighted by Gasteiger charge is -2.44. The number of nitrogens with zero attached hydrogens (tertiary/aromatic N) is 1. The lowest BCUT2D eigenvalue weighted by Crippen LogP contribution is -2.45. The zero-order valence-electron chi connectivity index (χ0n) is 14.5. The van der Waals surface area contributed by atoms with Crippen molar-refractivity contribution in [3.63, 3.8) is 0 Å². The predicted octanol–water partition coefficient (Wildman–Crippen LogP) is 5.12. The highest BCUT2D eigenvalue weighted by molar-refractivity contribution is 9.10. The Morgan fingerprint density at radius 1 is 1.16 bits per heavy atom. The van der Waals surface area contributed by atoms with Gasteiger partial charge in [-0.15, -0.1) is 12.4 Å². The first kappa shape index (κ1) is 19.5. The highest BCUT2D eigenvalue weighted by Crippen LogP contribution is 2.36. The van der Waals surface area contributed by atoms with Crippen LogP contribution in [0.3, 0.4) is 0 Å². The minimum Gasteiger partial charge on any atom is -0.368 e. The van der Waals surface area contributed by atoms with Gasteiger partial charge in [-0.1, -0.05) is 40.2 Å². The number of likely N-dealkylation sites (N-methyl/N-ethyl adjacent to an activating group) is 1. The molecule has 0 unspecified atom stereocenters. The summed E-state index contributed by atoms with van der Waals surface area (Å²) in [5.41, 5.74) is 4.12. The van der Waals surface area contributed by atoms with Crippen molar-refractivity contribution in [1.29, 1.82) is 0 Å². The second-order valence-corrected chi connectivity index (χ2v) is 7.65. The maximum Gasteiger partial charge on any atom is 0.250 e. The van der Waals surface area contributed by atoms with E-state index in [0.717, 1.165) is 27.8 Å². The molecule has 0 fully saturated rings. The molecule has 3 rings (SSSR count). The summed E-state index contributed by atoms with van der Waals surface area (Å²) in [6, 6.07) is 15.9. The summed E-state index contributed by atoms with van der Waals surface area (Å²) < 4.78 is 0.988. The van der Waals surface area contributed by atoms with Gasteiger partial charge in [0.1, 0.15) is 0 Å². The van der Waals surface area contributed by atoms with Gasteiger partial charge in [0.2, 0.25) is 5.91 Å². The van der Waals surface area contributed by atoms with Gasteiger partial charge in [-0.25, -0.2) is 0 Å². The fourth-order valence-corrected chi connectivity index (χ4v) is 3.29. The molecule has 0 bridgehead atoms. The number of hydrogen-bond acceptors (Lipinski definition) is 2. The van der Waals surface area contributed by atoms with Gasteiger partial charge in [-0.3, -0.25) is 4.79 Å². The Morgan fingerprint density at radius 2 is 1.80 bits per heavy atom. The molecule has 0 radical (unpaired) electrons. The first-order valence-electron chi connectivity index (χ1n) is 7.97. The van der Waals surface area contributed by atoms with E-state index < -0.39 is 0 Å². The first-order valence-corrected chi connectivity index (χ1v) is 8.76. The number of carbonyl (C=O) groups is 1. The van der Waals surface area contributed by atoms with Crippen molar-refractivity contribution in [3.05, 3.63) is 70.2 Å². The minimum absolute atomic E-state index is 0. The number of anilines is 1. The topological polar surface area (TPSA) is 32.3 Å². The van der Waals surface area contributed by atoms with Crippen LogP contribution in [0.1, 0.15) is 25.0 Å². The molecule has 0 saturated heterocycles. The van der Waals surface area contributed by atoms with Gasteiger partial charge < -0.3 is 10.2 Å². The molecule has 25 heavy (non-hydrogen) atoms. The maximum absolute atomic E-state index is 12.5. The lowest BCUT2D eigenvalue weighted by molar-refractivity contribution is -0.111. The van der Waals surface area contributed by atoms with Gasteiger partial charge in [0.05, 0.1) is 0 Å². The summed E-state index contributed by atoms with van der Waals surface area (Å²) >= 11 is 3.40. The molecule has 3 nitrogen and oxygen atoms in total. The third-order valence-corrected chi connectivity index (χ3v) is 5.09. The number of carbonyl (C=O) groups excluding carboxylic acids is 1. The summed E-state index contributed by atoms with van der Waals surface area (Å²) in [4.78, 5) is 14.7. The standard InChI is InChI=1S/C20H21BrN2O.ClH/c1-20(2)13-14-6-4-5-7-17(14)18(23(20)3)12-19(24)22-16-10-8-15(21)9-11-16;/h4-12H,13H2,1-3H3,(H,22,24);1H/b18-12-;. The Balaban J connectivity index is 0.00000225. The van der Waals surface area contributed by atoms with Gasteiger partial charge in [0, 0.05) is 40.1 Å². The normalized spacial score (nSPS) is 16.8. The Labute approximate surface area is 163 Å². The summed E-state index contributed by atoms with van der Waals surface area (Å²) in [5, 5.41) is 2.93. The molecule has 1 aliphatic rings. The van der Waals surface area contributed by atoms with Crippen LogP contribution >= 0.6 is 28.3 Å². The van der Waals surface area contributed by atoms with E-state index in [2.05, 4.69) is 65.2 Å². The van der Waals surface area contributed by atoms with E-state index in [-0.39, 0.29) is 23.9 Å². The van der Waals surface area contributed by atoms with Gasteiger partial charge in [0.25, 0.3) is 0 Å². The van der Waals surface area contributed by atoms with Gasteiger partial charge in [-0.2, -0.15) is 0 Å². The van der Waals surface area contributed by atoms with E-state index in [1.165, 1.54) is 5.56 Å². The molecule has 2 aromatic rings. The molecule has 0 aromatic heterocycles. The van der Waals surface area contributed by atoms with Crippen LogP contribution < -0.4 is 5.32 Å². The predicted molar refractivity (Wildman–Crippen MR) is 110 cm³/mol.